The molecule has 1 saturated carbocycles. The fourth-order valence-corrected chi connectivity index (χ4v) is 5.80. The highest BCUT2D eigenvalue weighted by Crippen LogP contribution is 2.43. The van der Waals surface area contributed by atoms with Gasteiger partial charge in [-0.15, -0.1) is 0 Å². The van der Waals surface area contributed by atoms with Gasteiger partial charge in [-0.1, -0.05) is 25.3 Å². The molecule has 1 fully saturated rings. The van der Waals surface area contributed by atoms with E-state index in [2.05, 4.69) is 27.7 Å². The quantitative estimate of drug-likeness (QED) is 0.747. The van der Waals surface area contributed by atoms with Crippen LogP contribution in [0, 0.1) is 0 Å². The predicted molar refractivity (Wildman–Crippen MR) is 107 cm³/mol. The molecule has 5 rings (SSSR count). The van der Waals surface area contributed by atoms with Gasteiger partial charge in [0, 0.05) is 29.7 Å². The molecule has 0 radical (unpaired) electrons. The molecule has 4 nitrogen and oxygen atoms in total. The molecule has 144 valence electrons. The normalized spacial score (nSPS) is 23.4. The summed E-state index contributed by atoms with van der Waals surface area (Å²) >= 11 is 0. The van der Waals surface area contributed by atoms with Crippen LogP contribution in [0.15, 0.2) is 18.2 Å². The second-order valence-corrected chi connectivity index (χ2v) is 8.58. The topological polar surface area (TPSA) is 34.5 Å². The number of benzene rings is 1. The van der Waals surface area contributed by atoms with Crippen molar-refractivity contribution in [2.24, 2.45) is 0 Å². The van der Waals surface area contributed by atoms with Crippen molar-refractivity contribution >= 4 is 16.9 Å². The number of rotatable bonds is 3. The number of hydrogen-bond donors (Lipinski definition) is 0. The Labute approximate surface area is 161 Å². The average Bonchev–Trinajstić information content (AvgIpc) is 3.05. The van der Waals surface area contributed by atoms with Crippen molar-refractivity contribution in [1.29, 1.82) is 0 Å². The van der Waals surface area contributed by atoms with Crippen molar-refractivity contribution in [3.8, 4) is 0 Å². The zero-order chi connectivity index (χ0) is 18.4. The summed E-state index contributed by atoms with van der Waals surface area (Å²) in [5.41, 5.74) is 5.99. The fraction of sp³-hybridized carbons (Fsp3) is 0.609. The highest BCUT2D eigenvalue weighted by Gasteiger charge is 2.35. The fourth-order valence-electron chi connectivity index (χ4n) is 5.80. The van der Waals surface area contributed by atoms with Gasteiger partial charge in [0.1, 0.15) is 0 Å². The third-order valence-electron chi connectivity index (χ3n) is 7.14. The first kappa shape index (κ1) is 17.3. The molecule has 1 unspecified atom stereocenters. The zero-order valence-corrected chi connectivity index (χ0v) is 16.4. The van der Waals surface area contributed by atoms with Crippen LogP contribution in [0.5, 0.6) is 0 Å². The molecule has 1 aromatic heterocycles. The maximum Gasteiger partial charge on any atom is 0.319 e. The van der Waals surface area contributed by atoms with Gasteiger partial charge in [-0.25, -0.2) is 0 Å². The Morgan fingerprint density at radius 2 is 1.96 bits per heavy atom. The van der Waals surface area contributed by atoms with Crippen LogP contribution in [0.1, 0.15) is 73.7 Å². The van der Waals surface area contributed by atoms with Gasteiger partial charge in [-0.2, -0.15) is 0 Å². The highest BCUT2D eigenvalue weighted by atomic mass is 16.5. The van der Waals surface area contributed by atoms with Crippen LogP contribution in [0.25, 0.3) is 10.9 Å². The molecule has 0 amide bonds. The van der Waals surface area contributed by atoms with Crippen molar-refractivity contribution in [2.75, 3.05) is 20.2 Å². The second-order valence-electron chi connectivity index (χ2n) is 8.58. The van der Waals surface area contributed by atoms with Crippen molar-refractivity contribution in [1.82, 2.24) is 9.47 Å². The van der Waals surface area contributed by atoms with Gasteiger partial charge in [-0.05, 0) is 61.3 Å². The molecular weight excluding hydrogens is 336 g/mol. The third kappa shape index (κ3) is 2.89. The third-order valence-corrected chi connectivity index (χ3v) is 7.14. The Kier molecular flexibility index (Phi) is 4.47. The molecule has 1 atom stereocenters. The minimum absolute atomic E-state index is 0.119. The van der Waals surface area contributed by atoms with Crippen LogP contribution in [0.2, 0.25) is 0 Å². The molecule has 1 aliphatic heterocycles. The number of carbonyl (C=O) groups is 1. The van der Waals surface area contributed by atoms with Gasteiger partial charge in [0.05, 0.1) is 19.7 Å². The van der Waals surface area contributed by atoms with Crippen LogP contribution >= 0.6 is 0 Å². The molecule has 0 bridgehead atoms. The van der Waals surface area contributed by atoms with Gasteiger partial charge in [0.15, 0.2) is 0 Å². The van der Waals surface area contributed by atoms with E-state index in [9.17, 15) is 4.79 Å². The van der Waals surface area contributed by atoms with Gasteiger partial charge < -0.3 is 9.30 Å². The van der Waals surface area contributed by atoms with Crippen molar-refractivity contribution < 1.29 is 9.53 Å². The lowest BCUT2D eigenvalue weighted by molar-refractivity contribution is -0.143. The SMILES string of the molecule is COC(=O)CN1CCn2c3c(c4cc(C5CCCCC5)ccc42)CCCC31. The van der Waals surface area contributed by atoms with Crippen molar-refractivity contribution in [2.45, 2.75) is 69.9 Å². The summed E-state index contributed by atoms with van der Waals surface area (Å²) in [4.78, 5) is 14.2. The molecule has 2 aliphatic carbocycles. The monoisotopic (exact) mass is 366 g/mol. The van der Waals surface area contributed by atoms with E-state index < -0.39 is 0 Å². The molecule has 27 heavy (non-hydrogen) atoms. The number of nitrogens with zero attached hydrogens (tertiary/aromatic N) is 2. The van der Waals surface area contributed by atoms with Crippen molar-refractivity contribution in [3.05, 3.63) is 35.0 Å². The molecule has 2 aromatic rings. The predicted octanol–water partition coefficient (Wildman–Crippen LogP) is 4.56. The molecule has 2 heterocycles. The van der Waals surface area contributed by atoms with E-state index in [4.69, 9.17) is 4.74 Å². The van der Waals surface area contributed by atoms with Crippen LogP contribution in [0.4, 0.5) is 0 Å². The summed E-state index contributed by atoms with van der Waals surface area (Å²) in [5.74, 6) is 0.633. The number of aryl methyl sites for hydroxylation is 1. The number of carbonyl (C=O) groups excluding carboxylic acids is 1. The van der Waals surface area contributed by atoms with E-state index in [1.165, 1.54) is 68.7 Å². The van der Waals surface area contributed by atoms with Crippen LogP contribution in [-0.4, -0.2) is 35.6 Å². The number of ether oxygens (including phenoxy) is 1. The Morgan fingerprint density at radius 3 is 2.78 bits per heavy atom. The van der Waals surface area contributed by atoms with E-state index in [1.807, 2.05) is 0 Å². The van der Waals surface area contributed by atoms with Gasteiger partial charge in [0.2, 0.25) is 0 Å². The molecule has 0 saturated heterocycles. The Balaban J connectivity index is 1.55. The number of fused-ring (bicyclic) bond motifs is 3. The van der Waals surface area contributed by atoms with Crippen molar-refractivity contribution in [3.63, 3.8) is 0 Å². The van der Waals surface area contributed by atoms with Crippen LogP contribution in [-0.2, 0) is 22.5 Å². The van der Waals surface area contributed by atoms with Crippen LogP contribution < -0.4 is 0 Å². The molecule has 0 spiro atoms. The first-order chi connectivity index (χ1) is 13.3. The molecule has 0 N–H and O–H groups in total. The standard InChI is InChI=1S/C23H30N2O2/c1-27-22(26)15-24-12-13-25-20-11-10-17(16-6-3-2-4-7-16)14-19(20)18-8-5-9-21(24)23(18)25/h10-11,14,16,21H,2-9,12-13,15H2,1H3. The lowest BCUT2D eigenvalue weighted by Crippen LogP contribution is -2.42. The maximum absolute atomic E-state index is 11.9. The maximum atomic E-state index is 11.9. The van der Waals surface area contributed by atoms with E-state index >= 15 is 0 Å². The number of aromatic nitrogens is 1. The van der Waals surface area contributed by atoms with E-state index in [-0.39, 0.29) is 5.97 Å². The summed E-state index contributed by atoms with van der Waals surface area (Å²) in [6.07, 6.45) is 10.4. The van der Waals surface area contributed by atoms with E-state index in [0.717, 1.165) is 25.4 Å². The Morgan fingerprint density at radius 1 is 1.11 bits per heavy atom. The summed E-state index contributed by atoms with van der Waals surface area (Å²) in [6.45, 7) is 2.32. The number of methoxy groups -OCH3 is 1. The highest BCUT2D eigenvalue weighted by molar-refractivity contribution is 5.87. The first-order valence-electron chi connectivity index (χ1n) is 10.7. The van der Waals surface area contributed by atoms with Gasteiger partial charge >= 0.3 is 5.97 Å². The number of hydrogen-bond acceptors (Lipinski definition) is 3. The largest absolute Gasteiger partial charge is 0.468 e. The Hall–Kier alpha value is -1.81. The van der Waals surface area contributed by atoms with Crippen LogP contribution in [0.3, 0.4) is 0 Å². The molecule has 4 heteroatoms. The van der Waals surface area contributed by atoms with E-state index in [1.54, 1.807) is 11.1 Å². The molecule has 1 aromatic carbocycles. The van der Waals surface area contributed by atoms with Gasteiger partial charge in [-0.3, -0.25) is 9.69 Å². The summed E-state index contributed by atoms with van der Waals surface area (Å²) in [7, 11) is 1.49. The number of esters is 1. The summed E-state index contributed by atoms with van der Waals surface area (Å²) in [6, 6.07) is 7.65. The van der Waals surface area contributed by atoms with E-state index in [0.29, 0.717) is 12.6 Å². The molecule has 3 aliphatic rings. The first-order valence-corrected chi connectivity index (χ1v) is 10.7. The second kappa shape index (κ2) is 6.97. The summed E-state index contributed by atoms with van der Waals surface area (Å²) in [5, 5.41) is 1.48. The minimum Gasteiger partial charge on any atom is -0.468 e. The average molecular weight is 367 g/mol. The summed E-state index contributed by atoms with van der Waals surface area (Å²) < 4.78 is 7.48. The molecular formula is C23H30N2O2. The lowest BCUT2D eigenvalue weighted by Gasteiger charge is -2.39. The zero-order valence-electron chi connectivity index (χ0n) is 16.4. The minimum atomic E-state index is -0.119. The lowest BCUT2D eigenvalue weighted by atomic mass is 9.83. The van der Waals surface area contributed by atoms with Gasteiger partial charge in [0.25, 0.3) is 0 Å². The smallest absolute Gasteiger partial charge is 0.319 e. The Bertz CT molecular complexity index is 863.